The molecule has 0 saturated carbocycles. The number of rotatable bonds is 8. The fraction of sp³-hybridized carbons (Fsp3) is 0.0870. The van der Waals surface area contributed by atoms with Crippen molar-refractivity contribution in [3.8, 4) is 11.6 Å². The third-order valence-electron chi connectivity index (χ3n) is 4.35. The molecular formula is C23H20N4O3S2. The SMILES string of the molecule is C=CC(=O)Nc1cccc(Oc2nc(Nc3ccc(CS(C)=O)cc3)nc3ccsc23)c1. The first-order chi connectivity index (χ1) is 15.5. The largest absolute Gasteiger partial charge is 0.437 e. The van der Waals surface area contributed by atoms with Gasteiger partial charge in [-0.15, -0.1) is 11.3 Å². The molecule has 0 aliphatic rings. The van der Waals surface area contributed by atoms with E-state index in [-0.39, 0.29) is 5.91 Å². The van der Waals surface area contributed by atoms with Gasteiger partial charge in [-0.25, -0.2) is 4.98 Å². The highest BCUT2D eigenvalue weighted by Crippen LogP contribution is 2.33. The number of carbonyl (C=O) groups excluding carboxylic acids is 1. The molecule has 32 heavy (non-hydrogen) atoms. The highest BCUT2D eigenvalue weighted by molar-refractivity contribution is 7.83. The van der Waals surface area contributed by atoms with Gasteiger partial charge < -0.3 is 15.4 Å². The summed E-state index contributed by atoms with van der Waals surface area (Å²) in [5.74, 6) is 1.56. The quantitative estimate of drug-likeness (QED) is 0.347. The standard InChI is InChI=1S/C23H20N4O3S2/c1-3-20(28)24-17-5-4-6-18(13-17)30-22-21-19(11-12-31-21)26-23(27-22)25-16-9-7-15(8-10-16)14-32(2)29/h3-13H,1,14H2,2H3,(H,24,28)(H,25,26,27). The maximum Gasteiger partial charge on any atom is 0.247 e. The number of amides is 1. The Morgan fingerprint density at radius 1 is 1.16 bits per heavy atom. The molecule has 7 nitrogen and oxygen atoms in total. The van der Waals surface area contributed by atoms with Crippen LogP contribution in [0.4, 0.5) is 17.3 Å². The van der Waals surface area contributed by atoms with Gasteiger partial charge in [0.1, 0.15) is 10.4 Å². The summed E-state index contributed by atoms with van der Waals surface area (Å²) in [6.45, 7) is 3.46. The monoisotopic (exact) mass is 464 g/mol. The Morgan fingerprint density at radius 3 is 2.72 bits per heavy atom. The number of benzene rings is 2. The zero-order chi connectivity index (χ0) is 22.5. The number of anilines is 3. The van der Waals surface area contributed by atoms with Crippen LogP contribution in [0.3, 0.4) is 0 Å². The Morgan fingerprint density at radius 2 is 1.97 bits per heavy atom. The van der Waals surface area contributed by atoms with Gasteiger partial charge in [0, 0.05) is 40.2 Å². The van der Waals surface area contributed by atoms with Gasteiger partial charge in [-0.3, -0.25) is 9.00 Å². The Bertz CT molecular complexity index is 1300. The van der Waals surface area contributed by atoms with E-state index in [0.29, 0.717) is 29.0 Å². The second-order valence-electron chi connectivity index (χ2n) is 6.85. The highest BCUT2D eigenvalue weighted by atomic mass is 32.2. The molecule has 2 aromatic carbocycles. The molecule has 1 amide bonds. The number of ether oxygens (including phenoxy) is 1. The zero-order valence-electron chi connectivity index (χ0n) is 17.2. The summed E-state index contributed by atoms with van der Waals surface area (Å²) in [5, 5.41) is 7.83. The van der Waals surface area contributed by atoms with Gasteiger partial charge in [-0.2, -0.15) is 4.98 Å². The van der Waals surface area contributed by atoms with E-state index >= 15 is 0 Å². The van der Waals surface area contributed by atoms with Gasteiger partial charge in [-0.1, -0.05) is 24.8 Å². The van der Waals surface area contributed by atoms with Crippen molar-refractivity contribution in [3.05, 3.63) is 78.2 Å². The third-order valence-corrected chi connectivity index (χ3v) is 5.99. The van der Waals surface area contributed by atoms with E-state index in [1.807, 2.05) is 35.7 Å². The van der Waals surface area contributed by atoms with E-state index in [1.165, 1.54) is 17.4 Å². The van der Waals surface area contributed by atoms with Gasteiger partial charge in [0.15, 0.2) is 0 Å². The van der Waals surface area contributed by atoms with E-state index in [1.54, 1.807) is 30.5 Å². The van der Waals surface area contributed by atoms with E-state index in [2.05, 4.69) is 27.2 Å². The lowest BCUT2D eigenvalue weighted by Crippen LogP contribution is -2.07. The molecule has 2 N–H and O–H groups in total. The highest BCUT2D eigenvalue weighted by Gasteiger charge is 2.12. The first-order valence-corrected chi connectivity index (χ1v) is 12.2. The number of thiophene rings is 1. The minimum absolute atomic E-state index is 0.299. The fourth-order valence-electron chi connectivity index (χ4n) is 2.95. The number of nitrogens with zero attached hydrogens (tertiary/aromatic N) is 2. The molecular weight excluding hydrogens is 444 g/mol. The second-order valence-corrected chi connectivity index (χ2v) is 9.20. The molecule has 0 aliphatic heterocycles. The maximum absolute atomic E-state index is 11.6. The van der Waals surface area contributed by atoms with E-state index in [4.69, 9.17) is 4.74 Å². The molecule has 0 aliphatic carbocycles. The summed E-state index contributed by atoms with van der Waals surface area (Å²) >= 11 is 1.48. The molecule has 9 heteroatoms. The van der Waals surface area contributed by atoms with Crippen LogP contribution in [0.2, 0.25) is 0 Å². The predicted molar refractivity (Wildman–Crippen MR) is 130 cm³/mol. The van der Waals surface area contributed by atoms with Gasteiger partial charge in [0.25, 0.3) is 0 Å². The van der Waals surface area contributed by atoms with Crippen molar-refractivity contribution in [3.63, 3.8) is 0 Å². The van der Waals surface area contributed by atoms with Crippen molar-refractivity contribution in [1.29, 1.82) is 0 Å². The molecule has 0 bridgehead atoms. The predicted octanol–water partition coefficient (Wildman–Crippen LogP) is 5.23. The minimum atomic E-state index is -0.889. The van der Waals surface area contributed by atoms with Crippen LogP contribution in [0.5, 0.6) is 11.6 Å². The normalized spacial score (nSPS) is 11.7. The average Bonchev–Trinajstić information content (AvgIpc) is 3.24. The van der Waals surface area contributed by atoms with Crippen LogP contribution >= 0.6 is 11.3 Å². The Balaban J connectivity index is 1.58. The van der Waals surface area contributed by atoms with Gasteiger partial charge >= 0.3 is 0 Å². The zero-order valence-corrected chi connectivity index (χ0v) is 18.8. The first kappa shape index (κ1) is 21.7. The second kappa shape index (κ2) is 9.71. The molecule has 1 atom stereocenters. The molecule has 0 saturated heterocycles. The third kappa shape index (κ3) is 5.37. The lowest BCUT2D eigenvalue weighted by atomic mass is 10.2. The van der Waals surface area contributed by atoms with E-state index in [0.717, 1.165) is 21.5 Å². The number of carbonyl (C=O) groups is 1. The Hall–Kier alpha value is -3.56. The number of aromatic nitrogens is 2. The van der Waals surface area contributed by atoms with Crippen molar-refractivity contribution >= 4 is 55.6 Å². The summed E-state index contributed by atoms with van der Waals surface area (Å²) in [5.41, 5.74) is 3.16. The Kier molecular flexibility index (Phi) is 6.58. The van der Waals surface area contributed by atoms with Crippen LogP contribution < -0.4 is 15.4 Å². The van der Waals surface area contributed by atoms with Crippen molar-refractivity contribution in [2.24, 2.45) is 0 Å². The molecule has 4 aromatic rings. The summed E-state index contributed by atoms with van der Waals surface area (Å²) in [6, 6.07) is 16.6. The van der Waals surface area contributed by atoms with Crippen molar-refractivity contribution < 1.29 is 13.7 Å². The van der Waals surface area contributed by atoms with Crippen LogP contribution in [0, 0.1) is 0 Å². The van der Waals surface area contributed by atoms with Crippen molar-refractivity contribution in [2.45, 2.75) is 5.75 Å². The molecule has 0 fully saturated rings. The number of hydrogen-bond donors (Lipinski definition) is 2. The van der Waals surface area contributed by atoms with E-state index in [9.17, 15) is 9.00 Å². The van der Waals surface area contributed by atoms with Crippen LogP contribution in [-0.2, 0) is 21.3 Å². The topological polar surface area (TPSA) is 93.2 Å². The lowest BCUT2D eigenvalue weighted by molar-refractivity contribution is -0.111. The molecule has 2 aromatic heterocycles. The summed E-state index contributed by atoms with van der Waals surface area (Å²) in [4.78, 5) is 20.7. The van der Waals surface area contributed by atoms with Crippen molar-refractivity contribution in [1.82, 2.24) is 9.97 Å². The molecule has 162 valence electrons. The van der Waals surface area contributed by atoms with Gasteiger partial charge in [0.05, 0.1) is 5.52 Å². The lowest BCUT2D eigenvalue weighted by Gasteiger charge is -2.11. The first-order valence-electron chi connectivity index (χ1n) is 9.63. The number of fused-ring (bicyclic) bond motifs is 1. The number of nitrogens with one attached hydrogen (secondary N) is 2. The van der Waals surface area contributed by atoms with Gasteiger partial charge in [0.2, 0.25) is 17.7 Å². The number of hydrogen-bond acceptors (Lipinski definition) is 7. The van der Waals surface area contributed by atoms with Crippen LogP contribution in [-0.4, -0.2) is 26.3 Å². The minimum Gasteiger partial charge on any atom is -0.437 e. The summed E-state index contributed by atoms with van der Waals surface area (Å²) in [6.07, 6.45) is 2.89. The Labute approximate surface area is 191 Å². The molecule has 1 unspecified atom stereocenters. The smallest absolute Gasteiger partial charge is 0.247 e. The average molecular weight is 465 g/mol. The van der Waals surface area contributed by atoms with Crippen LogP contribution in [0.1, 0.15) is 5.56 Å². The molecule has 0 spiro atoms. The van der Waals surface area contributed by atoms with Crippen LogP contribution in [0.25, 0.3) is 10.2 Å². The summed E-state index contributed by atoms with van der Waals surface area (Å²) < 4.78 is 18.3. The molecule has 0 radical (unpaired) electrons. The molecule has 4 rings (SSSR count). The van der Waals surface area contributed by atoms with E-state index < -0.39 is 10.8 Å². The summed E-state index contributed by atoms with van der Waals surface area (Å²) in [7, 11) is -0.889. The van der Waals surface area contributed by atoms with Crippen LogP contribution in [0.15, 0.2) is 72.6 Å². The van der Waals surface area contributed by atoms with Gasteiger partial charge in [-0.05, 0) is 47.4 Å². The fourth-order valence-corrected chi connectivity index (χ4v) is 4.37. The molecule has 2 heterocycles. The van der Waals surface area contributed by atoms with Crippen molar-refractivity contribution in [2.75, 3.05) is 16.9 Å². The maximum atomic E-state index is 11.6.